The minimum Gasteiger partial charge on any atom is 0 e. The molecule has 2 aliphatic rings. The first-order chi connectivity index (χ1) is 16.0. The molecule has 2 saturated carbocycles. The maximum absolute atomic E-state index is 4.66. The van der Waals surface area contributed by atoms with E-state index in [-0.39, 0.29) is 17.1 Å². The molecule has 2 fully saturated rings. The van der Waals surface area contributed by atoms with Crippen molar-refractivity contribution in [2.45, 2.75) is 79.1 Å². The Bertz CT molecular complexity index is 791. The monoisotopic (exact) mass is 674 g/mol. The van der Waals surface area contributed by atoms with E-state index in [0.717, 1.165) is 11.8 Å². The number of rotatable bonds is 4. The van der Waals surface area contributed by atoms with Gasteiger partial charge in [-0.05, 0) is 87.5 Å². The van der Waals surface area contributed by atoms with Crippen LogP contribution in [0.25, 0.3) is 0 Å². The predicted molar refractivity (Wildman–Crippen MR) is 150 cm³/mol. The van der Waals surface area contributed by atoms with Gasteiger partial charge in [-0.2, -0.15) is 0 Å². The van der Waals surface area contributed by atoms with Gasteiger partial charge in [0.2, 0.25) is 0 Å². The van der Waals surface area contributed by atoms with Gasteiger partial charge >= 0.3 is 39.3 Å². The van der Waals surface area contributed by atoms with Gasteiger partial charge in [0.1, 0.15) is 0 Å². The molecule has 0 bridgehead atoms. The predicted octanol–water partition coefficient (Wildman–Crippen LogP) is 10.1. The Kier molecular flexibility index (Phi) is 16.9. The van der Waals surface area contributed by atoms with E-state index in [1.807, 2.05) is 0 Å². The summed E-state index contributed by atoms with van der Waals surface area (Å²) in [6, 6.07) is 12.7. The molecule has 0 N–H and O–H groups in total. The molecular weight excluding hydrogens is 639 g/mol. The van der Waals surface area contributed by atoms with Gasteiger partial charge in [0.15, 0.2) is 0 Å². The zero-order valence-corrected chi connectivity index (χ0v) is 26.0. The van der Waals surface area contributed by atoms with Gasteiger partial charge in [-0.15, -0.1) is 0 Å². The molecule has 0 aliphatic heterocycles. The van der Waals surface area contributed by atoms with Crippen molar-refractivity contribution >= 4 is 52.3 Å². The van der Waals surface area contributed by atoms with Gasteiger partial charge in [-0.3, -0.25) is 9.98 Å². The molecule has 2 aromatic rings. The van der Waals surface area contributed by atoms with Gasteiger partial charge in [0.25, 0.3) is 0 Å². The fraction of sp³-hybridized carbons (Fsp3) is 0.500. The van der Waals surface area contributed by atoms with Crippen molar-refractivity contribution in [3.63, 3.8) is 0 Å². The van der Waals surface area contributed by atoms with E-state index < -0.39 is 0 Å². The summed E-state index contributed by atoms with van der Waals surface area (Å²) in [6.07, 6.45) is 15.2. The molecule has 0 amide bonds. The molecule has 0 unspecified atom stereocenters. The Hall–Kier alpha value is -0.247. The Labute approximate surface area is 238 Å². The quantitative estimate of drug-likeness (QED) is 0.228. The maximum Gasteiger partial charge on any atom is 0 e. The van der Waals surface area contributed by atoms with E-state index in [4.69, 9.17) is 0 Å². The molecule has 0 saturated heterocycles. The van der Waals surface area contributed by atoms with E-state index in [0.29, 0.717) is 0 Å². The van der Waals surface area contributed by atoms with Crippen molar-refractivity contribution in [2.24, 2.45) is 21.8 Å². The smallest absolute Gasteiger partial charge is 0 e. The van der Waals surface area contributed by atoms with Gasteiger partial charge in [0, 0.05) is 29.5 Å². The van der Waals surface area contributed by atoms with Crippen LogP contribution in [0.3, 0.4) is 0 Å². The zero-order chi connectivity index (χ0) is 24.1. The normalized spacial score (nSPS) is 16.3. The summed E-state index contributed by atoms with van der Waals surface area (Å²) in [5.41, 5.74) is 7.47. The molecule has 0 radical (unpaired) electrons. The van der Waals surface area contributed by atoms with Crippen LogP contribution in [-0.2, 0) is 28.0 Å². The molecule has 6 heteroatoms. The van der Waals surface area contributed by atoms with Crippen molar-refractivity contribution in [3.8, 4) is 0 Å². The number of benzene rings is 2. The first-order valence-corrected chi connectivity index (χ1v) is 16.9. The number of aryl methyl sites for hydroxylation is 4. The summed E-state index contributed by atoms with van der Waals surface area (Å²) in [6.45, 7) is 8.53. The average Bonchev–Trinajstić information content (AvgIpc) is 3.49. The minimum absolute atomic E-state index is 0. The molecule has 4 rings (SSSR count). The average molecular weight is 677 g/mol. The summed E-state index contributed by atoms with van der Waals surface area (Å²) >= 11 is 6.00. The third-order valence-corrected chi connectivity index (χ3v) is 6.51. The summed E-state index contributed by atoms with van der Waals surface area (Å²) in [7, 11) is 1.25. The molecule has 34 heavy (non-hydrogen) atoms. The van der Waals surface area contributed by atoms with Crippen molar-refractivity contribution in [2.75, 3.05) is 0 Å². The van der Waals surface area contributed by atoms with Crippen molar-refractivity contribution in [1.82, 2.24) is 0 Å². The summed E-state index contributed by atoms with van der Waals surface area (Å²) < 4.78 is 0. The first kappa shape index (κ1) is 31.8. The molecule has 0 aromatic heterocycles. The molecule has 0 atom stereocenters. The molecule has 2 aromatic carbocycles. The molecule has 0 spiro atoms. The largest absolute Gasteiger partial charge is 0 e. The van der Waals surface area contributed by atoms with Crippen molar-refractivity contribution < 1.29 is 28.0 Å². The number of hydrogen-bond acceptors (Lipinski definition) is 2. The van der Waals surface area contributed by atoms with Crippen LogP contribution in [0.2, 0.25) is 0 Å². The number of hydrogen-bond donors (Lipinski definition) is 0. The minimum atomic E-state index is 0. The van der Waals surface area contributed by atoms with E-state index >= 15 is 0 Å². The molecular formula is C28H38Br2FeN2Ni. The van der Waals surface area contributed by atoms with Gasteiger partial charge in [0.05, 0.1) is 11.4 Å². The van der Waals surface area contributed by atoms with E-state index in [9.17, 15) is 0 Å². The summed E-state index contributed by atoms with van der Waals surface area (Å²) in [5.74, 6) is 1.45. The van der Waals surface area contributed by atoms with Crippen LogP contribution in [0.5, 0.6) is 0 Å². The van der Waals surface area contributed by atoms with Gasteiger partial charge in [-0.1, -0.05) is 62.1 Å². The molecule has 2 aliphatic carbocycles. The first-order valence-electron chi connectivity index (χ1n) is 12.0. The molecule has 0 heterocycles. The Morgan fingerprint density at radius 2 is 0.912 bits per heavy atom. The van der Waals surface area contributed by atoms with Gasteiger partial charge in [-0.25, -0.2) is 0 Å². The fourth-order valence-corrected chi connectivity index (χ4v) is 4.59. The second-order valence-corrected chi connectivity index (χ2v) is 14.2. The second kappa shape index (κ2) is 18.1. The standard InChI is InChI=1S/2C14H19N.2BrH.Fe.Ni/c2*1-11-6-5-7-12(2)14(11)15-10-13-8-3-4-9-13;;;;/h2*5-7,10,13H,3-4,8-9H2,1-2H3;2*1H;;/q;;;;;+2/p-2. The SMILES string of the molecule is Cc1cccc(C)c1N=CC1CCCC1.Cc1cccc(C)c1N=CC1CCCC1.[Br][Ni][Br].[Fe]. The number of aliphatic imine (C=N–C) groups is 2. The van der Waals surface area contributed by atoms with E-state index in [1.165, 1.54) is 95.9 Å². The Morgan fingerprint density at radius 3 is 1.18 bits per heavy atom. The number of nitrogens with zero attached hydrogens (tertiary/aromatic N) is 2. The zero-order valence-electron chi connectivity index (χ0n) is 20.8. The van der Waals surface area contributed by atoms with Crippen LogP contribution in [0.15, 0.2) is 46.4 Å². The Morgan fingerprint density at radius 1 is 0.647 bits per heavy atom. The maximum atomic E-state index is 4.66. The van der Waals surface area contributed by atoms with E-state index in [1.54, 1.807) is 0 Å². The topological polar surface area (TPSA) is 24.7 Å². The van der Waals surface area contributed by atoms with Crippen LogP contribution in [0.4, 0.5) is 11.4 Å². The number of para-hydroxylation sites is 2. The van der Waals surface area contributed by atoms with Crippen LogP contribution >= 0.6 is 28.5 Å². The molecule has 2 nitrogen and oxygen atoms in total. The van der Waals surface area contributed by atoms with Crippen molar-refractivity contribution in [1.29, 1.82) is 0 Å². The van der Waals surface area contributed by atoms with E-state index in [2.05, 4.69) is 115 Å². The molecule has 192 valence electrons. The van der Waals surface area contributed by atoms with Crippen LogP contribution in [-0.4, -0.2) is 12.4 Å². The van der Waals surface area contributed by atoms with Crippen molar-refractivity contribution in [3.05, 3.63) is 58.7 Å². The van der Waals surface area contributed by atoms with Crippen LogP contribution in [0, 0.1) is 39.5 Å². The Balaban J connectivity index is 0.000000297. The third-order valence-electron chi connectivity index (χ3n) is 6.51. The van der Waals surface area contributed by atoms with Gasteiger partial charge < -0.3 is 0 Å². The van der Waals surface area contributed by atoms with Crippen LogP contribution < -0.4 is 0 Å². The fourth-order valence-electron chi connectivity index (χ4n) is 4.59. The second-order valence-electron chi connectivity index (χ2n) is 9.17. The van der Waals surface area contributed by atoms with Crippen LogP contribution in [0.1, 0.15) is 73.6 Å². The third kappa shape index (κ3) is 11.2. The summed E-state index contributed by atoms with van der Waals surface area (Å²) in [5, 5.41) is 0. The summed E-state index contributed by atoms with van der Waals surface area (Å²) in [4.78, 5) is 9.32. The number of halogens is 2.